The minimum absolute atomic E-state index is 0.106. The summed E-state index contributed by atoms with van der Waals surface area (Å²) in [5.41, 5.74) is 3.29. The van der Waals surface area contributed by atoms with Crippen LogP contribution in [-0.2, 0) is 14.3 Å². The number of thiophene rings is 2. The summed E-state index contributed by atoms with van der Waals surface area (Å²) in [6.45, 7) is 5.57. The lowest BCUT2D eigenvalue weighted by Crippen LogP contribution is -2.38. The lowest BCUT2D eigenvalue weighted by Gasteiger charge is -2.36. The van der Waals surface area contributed by atoms with Crippen molar-refractivity contribution in [2.24, 2.45) is 10.9 Å². The molecule has 4 nitrogen and oxygen atoms in total. The molecule has 1 aliphatic heterocycles. The molecule has 0 N–H and O–H groups in total. The minimum Gasteiger partial charge on any atom is -0.462 e. The van der Waals surface area contributed by atoms with Crippen LogP contribution >= 0.6 is 22.7 Å². The molecule has 1 unspecified atom stereocenters. The molecule has 0 bridgehead atoms. The van der Waals surface area contributed by atoms with Gasteiger partial charge >= 0.3 is 5.97 Å². The van der Waals surface area contributed by atoms with Crippen molar-refractivity contribution in [3.63, 3.8) is 0 Å². The van der Waals surface area contributed by atoms with Crippen LogP contribution in [0.25, 0.3) is 0 Å². The first-order valence-electron chi connectivity index (χ1n) is 9.53. The van der Waals surface area contributed by atoms with Gasteiger partial charge in [-0.05, 0) is 61.0 Å². The van der Waals surface area contributed by atoms with Crippen LogP contribution in [0.4, 0.5) is 0 Å². The minimum atomic E-state index is -0.544. The van der Waals surface area contributed by atoms with E-state index < -0.39 is 5.92 Å². The molecule has 0 saturated heterocycles. The van der Waals surface area contributed by atoms with Crippen molar-refractivity contribution in [1.29, 1.82) is 0 Å². The molecule has 6 heteroatoms. The fourth-order valence-corrected chi connectivity index (χ4v) is 5.73. The number of rotatable bonds is 4. The van der Waals surface area contributed by atoms with E-state index >= 15 is 0 Å². The van der Waals surface area contributed by atoms with Crippen molar-refractivity contribution in [3.05, 3.63) is 56.1 Å². The number of esters is 1. The normalized spacial score (nSPS) is 24.9. The van der Waals surface area contributed by atoms with E-state index in [1.54, 1.807) is 22.7 Å². The average molecular weight is 414 g/mol. The van der Waals surface area contributed by atoms with E-state index in [1.165, 1.54) is 4.88 Å². The number of hydrogen-bond donors (Lipinski definition) is 0. The van der Waals surface area contributed by atoms with Crippen LogP contribution in [0.3, 0.4) is 0 Å². The van der Waals surface area contributed by atoms with E-state index in [-0.39, 0.29) is 29.7 Å². The van der Waals surface area contributed by atoms with Crippen molar-refractivity contribution in [2.75, 3.05) is 0 Å². The first kappa shape index (κ1) is 19.3. The molecule has 0 saturated carbocycles. The third-order valence-electron chi connectivity index (χ3n) is 5.34. The lowest BCUT2D eigenvalue weighted by atomic mass is 9.70. The van der Waals surface area contributed by atoms with Crippen LogP contribution in [-0.4, -0.2) is 23.6 Å². The lowest BCUT2D eigenvalue weighted by molar-refractivity contribution is -0.150. The predicted octanol–water partition coefficient (Wildman–Crippen LogP) is 5.34. The van der Waals surface area contributed by atoms with E-state index in [2.05, 4.69) is 6.07 Å². The molecule has 0 radical (unpaired) electrons. The quantitative estimate of drug-likeness (QED) is 0.636. The molecule has 3 atom stereocenters. The van der Waals surface area contributed by atoms with Gasteiger partial charge in [0.1, 0.15) is 5.92 Å². The zero-order chi connectivity index (χ0) is 19.8. The Morgan fingerprint density at radius 1 is 1.25 bits per heavy atom. The molecule has 0 spiro atoms. The van der Waals surface area contributed by atoms with Crippen LogP contribution in [0.15, 0.2) is 50.6 Å². The molecule has 146 valence electrons. The second kappa shape index (κ2) is 7.76. The SMILES string of the molecule is CC1=NC2=C(C(=O)C[C@H](c3cccs3)C2)[C@H](c2ccsc2)C1C(=O)OC(C)C. The van der Waals surface area contributed by atoms with Crippen molar-refractivity contribution in [1.82, 2.24) is 0 Å². The maximum Gasteiger partial charge on any atom is 0.315 e. The number of carbonyl (C=O) groups is 2. The van der Waals surface area contributed by atoms with E-state index in [0.29, 0.717) is 12.0 Å². The van der Waals surface area contributed by atoms with Gasteiger partial charge in [0.15, 0.2) is 5.78 Å². The summed E-state index contributed by atoms with van der Waals surface area (Å²) in [7, 11) is 0. The van der Waals surface area contributed by atoms with Gasteiger partial charge in [-0.25, -0.2) is 0 Å². The third kappa shape index (κ3) is 3.51. The summed E-state index contributed by atoms with van der Waals surface area (Å²) in [5, 5.41) is 6.07. The van der Waals surface area contributed by atoms with E-state index in [9.17, 15) is 9.59 Å². The molecule has 3 heterocycles. The molecular weight excluding hydrogens is 390 g/mol. The Labute approximate surface area is 173 Å². The largest absolute Gasteiger partial charge is 0.462 e. The van der Waals surface area contributed by atoms with Gasteiger partial charge in [0.2, 0.25) is 0 Å². The van der Waals surface area contributed by atoms with E-state index in [0.717, 1.165) is 23.4 Å². The van der Waals surface area contributed by atoms with Gasteiger partial charge in [-0.1, -0.05) is 6.07 Å². The Morgan fingerprint density at radius 3 is 2.71 bits per heavy atom. The Morgan fingerprint density at radius 2 is 2.07 bits per heavy atom. The molecule has 28 heavy (non-hydrogen) atoms. The second-order valence-electron chi connectivity index (χ2n) is 7.65. The van der Waals surface area contributed by atoms with E-state index in [1.807, 2.05) is 49.0 Å². The Balaban J connectivity index is 1.77. The fourth-order valence-electron chi connectivity index (χ4n) is 4.21. The number of nitrogens with zero attached hydrogens (tertiary/aromatic N) is 1. The molecule has 2 aromatic heterocycles. The number of Topliss-reactive ketones (excluding diaryl/α,β-unsaturated/α-hetero) is 1. The molecule has 2 aliphatic rings. The maximum atomic E-state index is 13.3. The van der Waals surface area contributed by atoms with E-state index in [4.69, 9.17) is 9.73 Å². The summed E-state index contributed by atoms with van der Waals surface area (Å²) in [5.74, 6) is -0.869. The monoisotopic (exact) mass is 413 g/mol. The van der Waals surface area contributed by atoms with Crippen LogP contribution in [0.5, 0.6) is 0 Å². The first-order chi connectivity index (χ1) is 13.5. The third-order valence-corrected chi connectivity index (χ3v) is 7.08. The Bertz CT molecular complexity index is 939. The van der Waals surface area contributed by atoms with Gasteiger partial charge in [0, 0.05) is 40.1 Å². The standard InChI is InChI=1S/C22H23NO3S2/c1-12(2)26-22(25)19-13(3)23-16-9-15(18-5-4-7-28-18)10-17(24)21(16)20(19)14-6-8-27-11-14/h4-8,11-12,15,19-20H,9-10H2,1-3H3/t15-,19?,20-/m1/s1. The van der Waals surface area contributed by atoms with Gasteiger partial charge in [-0.3, -0.25) is 14.6 Å². The van der Waals surface area contributed by atoms with Crippen LogP contribution in [0.2, 0.25) is 0 Å². The predicted molar refractivity (Wildman–Crippen MR) is 113 cm³/mol. The average Bonchev–Trinajstić information content (AvgIpc) is 3.33. The van der Waals surface area contributed by atoms with Crippen molar-refractivity contribution >= 4 is 40.1 Å². The molecule has 0 aromatic carbocycles. The topological polar surface area (TPSA) is 55.7 Å². The molecule has 0 fully saturated rings. The van der Waals surface area contributed by atoms with Crippen LogP contribution < -0.4 is 0 Å². The van der Waals surface area contributed by atoms with Crippen LogP contribution in [0.1, 0.15) is 55.9 Å². The van der Waals surface area contributed by atoms with Gasteiger partial charge < -0.3 is 4.74 Å². The molecule has 4 rings (SSSR count). The fraction of sp³-hybridized carbons (Fsp3) is 0.409. The first-order valence-corrected chi connectivity index (χ1v) is 11.4. The number of aliphatic imine (C=N–C) groups is 1. The van der Waals surface area contributed by atoms with Crippen molar-refractivity contribution < 1.29 is 14.3 Å². The summed E-state index contributed by atoms with van der Waals surface area (Å²) >= 11 is 3.26. The number of carbonyl (C=O) groups excluding carboxylic acids is 2. The van der Waals surface area contributed by atoms with Crippen LogP contribution in [0, 0.1) is 5.92 Å². The second-order valence-corrected chi connectivity index (χ2v) is 9.41. The number of hydrogen-bond acceptors (Lipinski definition) is 6. The number of allylic oxidation sites excluding steroid dienone is 2. The molecular formula is C22H23NO3S2. The van der Waals surface area contributed by atoms with Gasteiger partial charge in [-0.2, -0.15) is 11.3 Å². The summed E-state index contributed by atoms with van der Waals surface area (Å²) < 4.78 is 5.53. The van der Waals surface area contributed by atoms with Gasteiger partial charge in [-0.15, -0.1) is 11.3 Å². The highest BCUT2D eigenvalue weighted by molar-refractivity contribution is 7.10. The van der Waals surface area contributed by atoms with Crippen molar-refractivity contribution in [2.45, 2.75) is 51.6 Å². The smallest absolute Gasteiger partial charge is 0.315 e. The summed E-state index contributed by atoms with van der Waals surface area (Å²) in [6.07, 6.45) is 1.01. The zero-order valence-corrected chi connectivity index (χ0v) is 17.8. The molecule has 0 amide bonds. The van der Waals surface area contributed by atoms with Gasteiger partial charge in [0.05, 0.1) is 6.10 Å². The number of ether oxygens (including phenoxy) is 1. The van der Waals surface area contributed by atoms with Gasteiger partial charge in [0.25, 0.3) is 0 Å². The highest BCUT2D eigenvalue weighted by atomic mass is 32.1. The highest BCUT2D eigenvalue weighted by Gasteiger charge is 2.45. The summed E-state index contributed by atoms with van der Waals surface area (Å²) in [6, 6.07) is 6.12. The Hall–Kier alpha value is -2.05. The number of ketones is 1. The molecule has 1 aliphatic carbocycles. The zero-order valence-electron chi connectivity index (χ0n) is 16.2. The Kier molecular flexibility index (Phi) is 5.34. The summed E-state index contributed by atoms with van der Waals surface area (Å²) in [4.78, 5) is 32.2. The molecule has 2 aromatic rings. The van der Waals surface area contributed by atoms with Crippen molar-refractivity contribution in [3.8, 4) is 0 Å². The maximum absolute atomic E-state index is 13.3. The highest BCUT2D eigenvalue weighted by Crippen LogP contribution is 2.47.